The molecule has 17 heavy (non-hydrogen) atoms. The average Bonchev–Trinajstić information content (AvgIpc) is 2.64. The zero-order chi connectivity index (χ0) is 11.8. The van der Waals surface area contributed by atoms with Crippen LogP contribution in [0.4, 0.5) is 0 Å². The lowest BCUT2D eigenvalue weighted by Crippen LogP contribution is -1.96. The van der Waals surface area contributed by atoms with Crippen LogP contribution in [0, 0.1) is 0 Å². The summed E-state index contributed by atoms with van der Waals surface area (Å²) in [6, 6.07) is 9.77. The normalized spacial score (nSPS) is 10.9. The van der Waals surface area contributed by atoms with Crippen molar-refractivity contribution < 1.29 is 0 Å². The summed E-state index contributed by atoms with van der Waals surface area (Å²) in [5.41, 5.74) is 2.67. The smallest absolute Gasteiger partial charge is 0.222 e. The van der Waals surface area contributed by atoms with E-state index in [0.717, 1.165) is 22.3 Å². The number of hydrogen-bond acceptors (Lipinski definition) is 3. The number of benzene rings is 1. The number of nitrogens with zero attached hydrogens (tertiary/aromatic N) is 4. The lowest BCUT2D eigenvalue weighted by molar-refractivity contribution is 0.785. The van der Waals surface area contributed by atoms with E-state index in [-0.39, 0.29) is 5.28 Å². The van der Waals surface area contributed by atoms with Crippen LogP contribution in [0.5, 0.6) is 0 Å². The fourth-order valence-corrected chi connectivity index (χ4v) is 2.06. The number of hydrogen-bond donors (Lipinski definition) is 0. The molecule has 5 heteroatoms. The molecule has 0 unspecified atom stereocenters. The third kappa shape index (κ3) is 1.66. The molecule has 0 bridgehead atoms. The quantitative estimate of drug-likeness (QED) is 0.618. The van der Waals surface area contributed by atoms with Gasteiger partial charge in [-0.1, -0.05) is 18.2 Å². The molecule has 0 fully saturated rings. The average molecular weight is 245 g/mol. The van der Waals surface area contributed by atoms with Gasteiger partial charge in [-0.3, -0.25) is 4.68 Å². The molecule has 0 radical (unpaired) electrons. The van der Waals surface area contributed by atoms with E-state index in [1.165, 1.54) is 0 Å². The van der Waals surface area contributed by atoms with Crippen molar-refractivity contribution in [2.45, 2.75) is 0 Å². The molecule has 0 saturated heterocycles. The van der Waals surface area contributed by atoms with Crippen molar-refractivity contribution in [3.05, 3.63) is 41.8 Å². The molecule has 0 aliphatic heterocycles. The van der Waals surface area contributed by atoms with Crippen LogP contribution in [0.25, 0.3) is 22.3 Å². The SMILES string of the molecule is Cn1nc2ccccc2c1-c1ccnc(Cl)n1. The Labute approximate surface area is 103 Å². The summed E-state index contributed by atoms with van der Waals surface area (Å²) in [6.45, 7) is 0. The standard InChI is InChI=1S/C12H9ClN4/c1-17-11(10-6-7-14-12(13)15-10)8-4-2-3-5-9(8)16-17/h2-7H,1H3. The highest BCUT2D eigenvalue weighted by Gasteiger charge is 2.11. The van der Waals surface area contributed by atoms with E-state index < -0.39 is 0 Å². The first kappa shape index (κ1) is 10.2. The number of fused-ring (bicyclic) bond motifs is 1. The van der Waals surface area contributed by atoms with Gasteiger partial charge in [0, 0.05) is 18.6 Å². The molecule has 0 N–H and O–H groups in total. The van der Waals surface area contributed by atoms with Gasteiger partial charge in [0.15, 0.2) is 0 Å². The Hall–Kier alpha value is -1.94. The van der Waals surface area contributed by atoms with Gasteiger partial charge in [0.2, 0.25) is 5.28 Å². The first-order chi connectivity index (χ1) is 8.25. The Balaban J connectivity index is 2.33. The second-order valence-corrected chi connectivity index (χ2v) is 4.04. The molecular weight excluding hydrogens is 236 g/mol. The van der Waals surface area contributed by atoms with Gasteiger partial charge < -0.3 is 0 Å². The Morgan fingerprint density at radius 2 is 2.00 bits per heavy atom. The molecule has 3 aromatic rings. The highest BCUT2D eigenvalue weighted by Crippen LogP contribution is 2.26. The van der Waals surface area contributed by atoms with E-state index in [4.69, 9.17) is 11.6 Å². The summed E-state index contributed by atoms with van der Waals surface area (Å²) in [6.07, 6.45) is 1.65. The summed E-state index contributed by atoms with van der Waals surface area (Å²) in [4.78, 5) is 8.10. The number of aromatic nitrogens is 4. The molecule has 0 spiro atoms. The lowest BCUT2D eigenvalue weighted by Gasteiger charge is -2.01. The molecule has 3 rings (SSSR count). The first-order valence-electron chi connectivity index (χ1n) is 5.16. The Kier molecular flexibility index (Phi) is 2.30. The molecule has 2 aromatic heterocycles. The minimum absolute atomic E-state index is 0.243. The maximum atomic E-state index is 5.81. The molecule has 2 heterocycles. The van der Waals surface area contributed by atoms with Crippen LogP contribution in [0.2, 0.25) is 5.28 Å². The van der Waals surface area contributed by atoms with Gasteiger partial charge in [-0.2, -0.15) is 5.10 Å². The zero-order valence-corrected chi connectivity index (χ0v) is 9.89. The van der Waals surface area contributed by atoms with E-state index in [1.54, 1.807) is 6.20 Å². The third-order valence-corrected chi connectivity index (χ3v) is 2.79. The maximum Gasteiger partial charge on any atom is 0.222 e. The maximum absolute atomic E-state index is 5.81. The molecule has 0 aliphatic rings. The number of rotatable bonds is 1. The minimum Gasteiger partial charge on any atom is -0.265 e. The summed E-state index contributed by atoms with van der Waals surface area (Å²) in [5.74, 6) is 0. The van der Waals surface area contributed by atoms with E-state index >= 15 is 0 Å². The lowest BCUT2D eigenvalue weighted by atomic mass is 10.1. The predicted octanol–water partition coefficient (Wildman–Crippen LogP) is 2.68. The van der Waals surface area contributed by atoms with Crippen molar-refractivity contribution in [3.63, 3.8) is 0 Å². The first-order valence-corrected chi connectivity index (χ1v) is 5.54. The fourth-order valence-electron chi connectivity index (χ4n) is 1.92. The second kappa shape index (κ2) is 3.82. The topological polar surface area (TPSA) is 43.6 Å². The van der Waals surface area contributed by atoms with E-state index in [1.807, 2.05) is 42.1 Å². The molecule has 0 atom stereocenters. The number of halogens is 1. The summed E-state index contributed by atoms with van der Waals surface area (Å²) in [5, 5.41) is 5.74. The minimum atomic E-state index is 0.243. The van der Waals surface area contributed by atoms with Crippen molar-refractivity contribution in [1.29, 1.82) is 0 Å². The van der Waals surface area contributed by atoms with E-state index in [2.05, 4.69) is 15.1 Å². The molecule has 0 aliphatic carbocycles. The van der Waals surface area contributed by atoms with Gasteiger partial charge in [0.05, 0.1) is 16.9 Å². The second-order valence-electron chi connectivity index (χ2n) is 3.70. The number of aryl methyl sites for hydroxylation is 1. The van der Waals surface area contributed by atoms with Gasteiger partial charge in [0.25, 0.3) is 0 Å². The zero-order valence-electron chi connectivity index (χ0n) is 9.13. The largest absolute Gasteiger partial charge is 0.265 e. The van der Waals surface area contributed by atoms with Crippen LogP contribution < -0.4 is 0 Å². The summed E-state index contributed by atoms with van der Waals surface area (Å²) in [7, 11) is 1.89. The third-order valence-electron chi connectivity index (χ3n) is 2.61. The van der Waals surface area contributed by atoms with Gasteiger partial charge in [-0.25, -0.2) is 9.97 Å². The van der Waals surface area contributed by atoms with Crippen LogP contribution in [0.15, 0.2) is 36.5 Å². The molecule has 84 valence electrons. The van der Waals surface area contributed by atoms with Crippen LogP contribution in [0.1, 0.15) is 0 Å². The molecule has 1 aromatic carbocycles. The van der Waals surface area contributed by atoms with E-state index in [9.17, 15) is 0 Å². The predicted molar refractivity (Wildman–Crippen MR) is 66.8 cm³/mol. The summed E-state index contributed by atoms with van der Waals surface area (Å²) < 4.78 is 1.81. The van der Waals surface area contributed by atoms with E-state index in [0.29, 0.717) is 0 Å². The molecular formula is C12H9ClN4. The van der Waals surface area contributed by atoms with Crippen LogP contribution in [-0.4, -0.2) is 19.7 Å². The van der Waals surface area contributed by atoms with Crippen LogP contribution in [0.3, 0.4) is 0 Å². The fraction of sp³-hybridized carbons (Fsp3) is 0.0833. The highest BCUT2D eigenvalue weighted by molar-refractivity contribution is 6.28. The Morgan fingerprint density at radius 1 is 1.18 bits per heavy atom. The monoisotopic (exact) mass is 244 g/mol. The highest BCUT2D eigenvalue weighted by atomic mass is 35.5. The van der Waals surface area contributed by atoms with Crippen molar-refractivity contribution in [2.24, 2.45) is 7.05 Å². The van der Waals surface area contributed by atoms with Crippen molar-refractivity contribution in [3.8, 4) is 11.4 Å². The molecule has 0 amide bonds. The summed E-state index contributed by atoms with van der Waals surface area (Å²) >= 11 is 5.81. The van der Waals surface area contributed by atoms with Gasteiger partial charge in [-0.15, -0.1) is 0 Å². The molecule has 4 nitrogen and oxygen atoms in total. The molecule has 0 saturated carbocycles. The Bertz CT molecular complexity index is 690. The van der Waals surface area contributed by atoms with Gasteiger partial charge >= 0.3 is 0 Å². The van der Waals surface area contributed by atoms with Crippen molar-refractivity contribution >= 4 is 22.5 Å². The van der Waals surface area contributed by atoms with Gasteiger partial charge in [0.1, 0.15) is 0 Å². The van der Waals surface area contributed by atoms with Crippen molar-refractivity contribution in [2.75, 3.05) is 0 Å². The van der Waals surface area contributed by atoms with Gasteiger partial charge in [-0.05, 0) is 23.7 Å². The van der Waals surface area contributed by atoms with Crippen LogP contribution >= 0.6 is 11.6 Å². The Morgan fingerprint density at radius 3 is 2.82 bits per heavy atom. The van der Waals surface area contributed by atoms with Crippen molar-refractivity contribution in [1.82, 2.24) is 19.7 Å². The van der Waals surface area contributed by atoms with Crippen LogP contribution in [-0.2, 0) is 7.05 Å².